The number of aryl methyl sites for hydroxylation is 1. The van der Waals surface area contributed by atoms with Crippen LogP contribution in [0, 0.1) is 12.3 Å². The topological polar surface area (TPSA) is 35.2 Å². The summed E-state index contributed by atoms with van der Waals surface area (Å²) in [6, 6.07) is 12.9. The molecule has 0 amide bonds. The number of benzene rings is 1. The van der Waals surface area contributed by atoms with E-state index >= 15 is 0 Å². The molecule has 3 aromatic rings. The largest absolute Gasteiger partial charge is 0.361 e. The van der Waals surface area contributed by atoms with Crippen molar-refractivity contribution in [2.24, 2.45) is 5.41 Å². The van der Waals surface area contributed by atoms with E-state index in [1.807, 2.05) is 12.3 Å². The van der Waals surface area contributed by atoms with Gasteiger partial charge >= 0.3 is 0 Å². The predicted octanol–water partition coefficient (Wildman–Crippen LogP) is 4.75. The lowest BCUT2D eigenvalue weighted by Crippen LogP contribution is -2.49. The number of anilines is 1. The Morgan fingerprint density at radius 1 is 1.04 bits per heavy atom. The number of pyridine rings is 1. The molecule has 0 bridgehead atoms. The summed E-state index contributed by atoms with van der Waals surface area (Å²) in [5.74, 6) is 1.18. The van der Waals surface area contributed by atoms with Crippen LogP contribution in [0.1, 0.15) is 36.8 Å². The first-order chi connectivity index (χ1) is 13.7. The average molecular weight is 375 g/mol. The molecule has 5 rings (SSSR count). The minimum absolute atomic E-state index is 0.490. The van der Waals surface area contributed by atoms with Crippen LogP contribution in [0.15, 0.2) is 48.8 Å². The number of rotatable bonds is 3. The van der Waals surface area contributed by atoms with Crippen molar-refractivity contribution in [3.05, 3.63) is 59.9 Å². The molecule has 146 valence electrons. The lowest BCUT2D eigenvalue weighted by Gasteiger charge is -2.48. The third-order valence-corrected chi connectivity index (χ3v) is 6.91. The fourth-order valence-electron chi connectivity index (χ4n) is 5.36. The molecular formula is C24H30N4. The van der Waals surface area contributed by atoms with Crippen molar-refractivity contribution in [3.8, 4) is 0 Å². The number of hydrogen-bond donors (Lipinski definition) is 1. The zero-order chi connectivity index (χ0) is 19.0. The zero-order valence-corrected chi connectivity index (χ0v) is 16.8. The van der Waals surface area contributed by atoms with Crippen molar-refractivity contribution in [2.75, 3.05) is 31.1 Å². The summed E-state index contributed by atoms with van der Waals surface area (Å²) in [7, 11) is 0. The minimum atomic E-state index is 0.490. The first-order valence-electron chi connectivity index (χ1n) is 10.7. The van der Waals surface area contributed by atoms with Crippen molar-refractivity contribution in [2.45, 2.75) is 39.2 Å². The van der Waals surface area contributed by atoms with Crippen LogP contribution in [0.5, 0.6) is 0 Å². The number of H-pyrrole nitrogens is 1. The van der Waals surface area contributed by atoms with Gasteiger partial charge in [-0.05, 0) is 67.8 Å². The predicted molar refractivity (Wildman–Crippen MR) is 116 cm³/mol. The standard InChI is InChI=1S/C24H30N4/c1-19-6-4-12-25-23(19)28-14-10-24(11-15-28)9-5-13-27(18-24)17-20-16-26-22-8-3-2-7-21(20)22/h2-4,6-8,12,16,26H,5,9-11,13-15,17-18H2,1H3. The monoisotopic (exact) mass is 374 g/mol. The molecule has 4 heteroatoms. The van der Waals surface area contributed by atoms with E-state index in [9.17, 15) is 0 Å². The molecule has 0 unspecified atom stereocenters. The molecule has 4 nitrogen and oxygen atoms in total. The van der Waals surface area contributed by atoms with Crippen molar-refractivity contribution < 1.29 is 0 Å². The van der Waals surface area contributed by atoms with E-state index in [0.717, 1.165) is 19.6 Å². The number of nitrogens with zero attached hydrogens (tertiary/aromatic N) is 3. The molecule has 2 saturated heterocycles. The Kier molecular flexibility index (Phi) is 4.59. The van der Waals surface area contributed by atoms with Crippen LogP contribution >= 0.6 is 0 Å². The van der Waals surface area contributed by atoms with Gasteiger partial charge in [0.25, 0.3) is 0 Å². The van der Waals surface area contributed by atoms with Gasteiger partial charge in [-0.15, -0.1) is 0 Å². The molecule has 2 aliphatic rings. The Labute approximate surface area is 167 Å². The van der Waals surface area contributed by atoms with Gasteiger partial charge in [-0.1, -0.05) is 24.3 Å². The van der Waals surface area contributed by atoms with E-state index in [1.165, 1.54) is 66.6 Å². The van der Waals surface area contributed by atoms with E-state index in [2.05, 4.69) is 63.2 Å². The number of fused-ring (bicyclic) bond motifs is 1. The highest BCUT2D eigenvalue weighted by atomic mass is 15.2. The molecule has 1 aromatic carbocycles. The molecule has 1 N–H and O–H groups in total. The Balaban J connectivity index is 1.26. The lowest BCUT2D eigenvalue weighted by molar-refractivity contribution is 0.0607. The molecule has 0 radical (unpaired) electrons. The van der Waals surface area contributed by atoms with Gasteiger partial charge in [0.1, 0.15) is 5.82 Å². The van der Waals surface area contributed by atoms with Gasteiger partial charge < -0.3 is 9.88 Å². The van der Waals surface area contributed by atoms with Crippen molar-refractivity contribution in [1.29, 1.82) is 0 Å². The summed E-state index contributed by atoms with van der Waals surface area (Å²) < 4.78 is 0. The third-order valence-electron chi connectivity index (χ3n) is 6.91. The van der Waals surface area contributed by atoms with Gasteiger partial charge in [-0.25, -0.2) is 4.98 Å². The Bertz CT molecular complexity index is 952. The third kappa shape index (κ3) is 3.30. The Morgan fingerprint density at radius 2 is 1.89 bits per heavy atom. The van der Waals surface area contributed by atoms with E-state index in [4.69, 9.17) is 0 Å². The number of likely N-dealkylation sites (tertiary alicyclic amines) is 1. The first kappa shape index (κ1) is 17.7. The average Bonchev–Trinajstić information content (AvgIpc) is 3.12. The van der Waals surface area contributed by atoms with Crippen molar-refractivity contribution in [3.63, 3.8) is 0 Å². The normalized spacial score (nSPS) is 20.1. The van der Waals surface area contributed by atoms with E-state index < -0.39 is 0 Å². The molecule has 4 heterocycles. The molecule has 0 aliphatic carbocycles. The highest BCUT2D eigenvalue weighted by molar-refractivity contribution is 5.82. The summed E-state index contributed by atoms with van der Waals surface area (Å²) >= 11 is 0. The van der Waals surface area contributed by atoms with Crippen molar-refractivity contribution >= 4 is 16.7 Å². The number of nitrogens with one attached hydrogen (secondary N) is 1. The Morgan fingerprint density at radius 3 is 2.75 bits per heavy atom. The lowest BCUT2D eigenvalue weighted by atomic mass is 9.72. The van der Waals surface area contributed by atoms with Crippen LogP contribution < -0.4 is 4.90 Å². The molecule has 28 heavy (non-hydrogen) atoms. The van der Waals surface area contributed by atoms with Gasteiger partial charge in [0.05, 0.1) is 0 Å². The van der Waals surface area contributed by atoms with Gasteiger partial charge in [0.15, 0.2) is 0 Å². The maximum absolute atomic E-state index is 4.64. The van der Waals surface area contributed by atoms with Gasteiger partial charge in [0.2, 0.25) is 0 Å². The second kappa shape index (κ2) is 7.25. The smallest absolute Gasteiger partial charge is 0.131 e. The highest BCUT2D eigenvalue weighted by Crippen LogP contribution is 2.41. The SMILES string of the molecule is Cc1cccnc1N1CCC2(CCCN(Cc3c[nH]c4ccccc34)C2)CC1. The van der Waals surface area contributed by atoms with Crippen LogP contribution in [0.2, 0.25) is 0 Å². The molecular weight excluding hydrogens is 344 g/mol. The van der Waals surface area contributed by atoms with Crippen molar-refractivity contribution in [1.82, 2.24) is 14.9 Å². The second-order valence-electron chi connectivity index (χ2n) is 8.80. The van der Waals surface area contributed by atoms with E-state index in [1.54, 1.807) is 0 Å². The quantitative estimate of drug-likeness (QED) is 0.718. The van der Waals surface area contributed by atoms with E-state index in [-0.39, 0.29) is 0 Å². The summed E-state index contributed by atoms with van der Waals surface area (Å²) in [6.07, 6.45) is 9.41. The molecule has 0 saturated carbocycles. The number of aromatic nitrogens is 2. The zero-order valence-electron chi connectivity index (χ0n) is 16.8. The summed E-state index contributed by atoms with van der Waals surface area (Å²) in [5.41, 5.74) is 4.48. The maximum atomic E-state index is 4.64. The first-order valence-corrected chi connectivity index (χ1v) is 10.7. The molecule has 2 aliphatic heterocycles. The van der Waals surface area contributed by atoms with Gasteiger partial charge in [-0.2, -0.15) is 0 Å². The fourth-order valence-corrected chi connectivity index (χ4v) is 5.36. The number of hydrogen-bond acceptors (Lipinski definition) is 3. The van der Waals surface area contributed by atoms with Crippen LogP contribution in [0.4, 0.5) is 5.82 Å². The maximum Gasteiger partial charge on any atom is 0.131 e. The minimum Gasteiger partial charge on any atom is -0.361 e. The van der Waals surface area contributed by atoms with E-state index in [0.29, 0.717) is 5.41 Å². The fraction of sp³-hybridized carbons (Fsp3) is 0.458. The van der Waals surface area contributed by atoms with Crippen LogP contribution in [-0.4, -0.2) is 41.0 Å². The summed E-state index contributed by atoms with van der Waals surface area (Å²) in [5, 5.41) is 1.38. The molecule has 0 atom stereocenters. The van der Waals surface area contributed by atoms with Crippen LogP contribution in [-0.2, 0) is 6.54 Å². The number of aromatic amines is 1. The second-order valence-corrected chi connectivity index (χ2v) is 8.80. The molecule has 1 spiro atoms. The highest BCUT2D eigenvalue weighted by Gasteiger charge is 2.38. The summed E-state index contributed by atoms with van der Waals surface area (Å²) in [6.45, 7) is 7.98. The van der Waals surface area contributed by atoms with Gasteiger partial charge in [0, 0.05) is 49.5 Å². The number of para-hydroxylation sites is 1. The number of piperidine rings is 2. The Hall–Kier alpha value is -2.33. The molecule has 2 aromatic heterocycles. The van der Waals surface area contributed by atoms with Crippen LogP contribution in [0.3, 0.4) is 0 Å². The molecule has 2 fully saturated rings. The van der Waals surface area contributed by atoms with Crippen LogP contribution in [0.25, 0.3) is 10.9 Å². The van der Waals surface area contributed by atoms with Gasteiger partial charge in [-0.3, -0.25) is 4.90 Å². The summed E-state index contributed by atoms with van der Waals surface area (Å²) in [4.78, 5) is 13.3.